The fourth-order valence-corrected chi connectivity index (χ4v) is 9.16. The first kappa shape index (κ1) is 38.7. The number of phenolic OH excluding ortho intramolecular Hbond substituents is 9. The number of rotatable bonds is 5. The first-order valence-electron chi connectivity index (χ1n) is 20.3. The van der Waals surface area contributed by atoms with Crippen molar-refractivity contribution in [2.45, 2.75) is 0 Å². The molecule has 0 saturated carbocycles. The van der Waals surface area contributed by atoms with E-state index < -0.39 is 57.3 Å². The van der Waals surface area contributed by atoms with Crippen molar-refractivity contribution in [2.24, 2.45) is 0 Å². The summed E-state index contributed by atoms with van der Waals surface area (Å²) >= 11 is 0. The van der Waals surface area contributed by atoms with Crippen LogP contribution in [-0.4, -0.2) is 73.3 Å². The van der Waals surface area contributed by atoms with Crippen molar-refractivity contribution in [1.29, 1.82) is 0 Å². The molecule has 0 spiro atoms. The highest BCUT2D eigenvalue weighted by Gasteiger charge is 2.30. The highest BCUT2D eigenvalue weighted by molar-refractivity contribution is 6.40. The summed E-state index contributed by atoms with van der Waals surface area (Å²) in [6.45, 7) is 0. The van der Waals surface area contributed by atoms with Crippen LogP contribution in [0.25, 0.3) is 105 Å². The molecule has 0 aliphatic heterocycles. The van der Waals surface area contributed by atoms with Crippen LogP contribution in [0.15, 0.2) is 133 Å². The van der Waals surface area contributed by atoms with Gasteiger partial charge < -0.3 is 50.5 Å². The fraction of sp³-hybridized carbons (Fsp3) is 0. The number of fused-ring (bicyclic) bond motifs is 9. The van der Waals surface area contributed by atoms with Crippen molar-refractivity contribution in [1.82, 2.24) is 19.5 Å². The quantitative estimate of drug-likeness (QED) is 0.0343. The van der Waals surface area contributed by atoms with Crippen LogP contribution in [0.2, 0.25) is 0 Å². The summed E-state index contributed by atoms with van der Waals surface area (Å²) in [6, 6.07) is 42.0. The van der Waals surface area contributed by atoms with Gasteiger partial charge in [0, 0.05) is 27.5 Å². The minimum Gasteiger partial charge on any atom is -0.505 e. The van der Waals surface area contributed by atoms with Crippen molar-refractivity contribution < 1.29 is 46.0 Å². The van der Waals surface area contributed by atoms with Gasteiger partial charge in [-0.3, -0.25) is 0 Å². The van der Waals surface area contributed by atoms with E-state index in [1.165, 1.54) is 7.85 Å². The second-order valence-corrected chi connectivity index (χ2v) is 15.7. The summed E-state index contributed by atoms with van der Waals surface area (Å²) < 4.78 is 2.01. The number of para-hydroxylation sites is 1. The third-order valence-electron chi connectivity index (χ3n) is 12.2. The topological polar surface area (TPSA) is 226 Å². The van der Waals surface area contributed by atoms with E-state index in [1.54, 1.807) is 36.4 Å². The maximum Gasteiger partial charge on any atom is 0.208 e. The second kappa shape index (κ2) is 14.2. The van der Waals surface area contributed by atoms with Crippen molar-refractivity contribution >= 4 is 67.4 Å². The third-order valence-corrected chi connectivity index (χ3v) is 12.2. The van der Waals surface area contributed by atoms with Crippen LogP contribution in [0, 0.1) is 0 Å². The first-order chi connectivity index (χ1) is 31.4. The summed E-state index contributed by atoms with van der Waals surface area (Å²) in [4.78, 5) is 14.5. The average Bonchev–Trinajstić information content (AvgIpc) is 3.68. The van der Waals surface area contributed by atoms with Crippen molar-refractivity contribution in [3.8, 4) is 103 Å². The van der Waals surface area contributed by atoms with E-state index in [0.717, 1.165) is 37.7 Å². The molecule has 0 aliphatic carbocycles. The number of benzene rings is 9. The molecule has 0 radical (unpaired) electrons. The zero-order chi connectivity index (χ0) is 45.0. The zero-order valence-corrected chi connectivity index (χ0v) is 34.0. The van der Waals surface area contributed by atoms with Crippen molar-refractivity contribution in [2.75, 3.05) is 0 Å². The standard InChI is InChI=1S/C51H33BN4O9/c52-39-37(40(57)44(61)47(64)43(39)60)29-18-10-20-34-36(29)28-17-8-9-19-33(28)56(34)35-22-31-27-16-7-5-14-25(27)24-13-4-6-15-26(24)30(31)21-32(35)50-53-49(23-11-2-1-3-12-23)54-51(55-50)38-41(58)45(62)48(65)46(63)42(38)59/h1-22,57-65H,52H2. The summed E-state index contributed by atoms with van der Waals surface area (Å²) in [5, 5.41) is 105. The zero-order valence-electron chi connectivity index (χ0n) is 34.0. The van der Waals surface area contributed by atoms with Gasteiger partial charge in [-0.1, -0.05) is 109 Å². The van der Waals surface area contributed by atoms with Crippen LogP contribution in [0.4, 0.5) is 0 Å². The maximum atomic E-state index is 11.4. The normalized spacial score (nSPS) is 11.7. The number of aromatic hydroxyl groups is 9. The Kier molecular flexibility index (Phi) is 8.46. The van der Waals surface area contributed by atoms with Crippen LogP contribution in [0.3, 0.4) is 0 Å². The highest BCUT2D eigenvalue weighted by atomic mass is 16.4. The molecule has 14 heteroatoms. The van der Waals surface area contributed by atoms with Gasteiger partial charge in [-0.15, -0.1) is 0 Å². The minimum absolute atomic E-state index is 0.0535. The molecule has 2 heterocycles. The van der Waals surface area contributed by atoms with E-state index in [2.05, 4.69) is 23.2 Å². The number of hydrogen-bond donors (Lipinski definition) is 9. The lowest BCUT2D eigenvalue weighted by Gasteiger charge is -2.19. The molecule has 9 N–H and O–H groups in total. The highest BCUT2D eigenvalue weighted by Crippen LogP contribution is 2.55. The Morgan fingerprint density at radius 1 is 0.354 bits per heavy atom. The molecule has 0 amide bonds. The van der Waals surface area contributed by atoms with Gasteiger partial charge in [0.15, 0.2) is 40.5 Å². The molecule has 65 heavy (non-hydrogen) atoms. The molecule has 2 aromatic heterocycles. The average molecular weight is 857 g/mol. The van der Waals surface area contributed by atoms with Gasteiger partial charge in [0.25, 0.3) is 0 Å². The monoisotopic (exact) mass is 856 g/mol. The van der Waals surface area contributed by atoms with Gasteiger partial charge in [0.2, 0.25) is 28.7 Å². The summed E-state index contributed by atoms with van der Waals surface area (Å²) in [5.41, 5.74) is 2.98. The van der Waals surface area contributed by atoms with Gasteiger partial charge in [-0.2, -0.15) is 0 Å². The predicted molar refractivity (Wildman–Crippen MR) is 252 cm³/mol. The summed E-state index contributed by atoms with van der Waals surface area (Å²) in [7, 11) is 1.53. The summed E-state index contributed by atoms with van der Waals surface area (Å²) in [5.74, 6) is -8.38. The third kappa shape index (κ3) is 5.57. The first-order valence-corrected chi connectivity index (χ1v) is 20.3. The Morgan fingerprint density at radius 3 is 1.45 bits per heavy atom. The van der Waals surface area contributed by atoms with Gasteiger partial charge in [-0.25, -0.2) is 15.0 Å². The van der Waals surface area contributed by atoms with Gasteiger partial charge in [-0.05, 0) is 67.6 Å². The van der Waals surface area contributed by atoms with E-state index in [9.17, 15) is 46.0 Å². The molecule has 13 nitrogen and oxygen atoms in total. The molecule has 0 atom stereocenters. The lowest BCUT2D eigenvalue weighted by molar-refractivity contribution is 0.329. The fourth-order valence-electron chi connectivity index (χ4n) is 9.16. The Morgan fingerprint density at radius 2 is 0.815 bits per heavy atom. The molecule has 0 bridgehead atoms. The maximum absolute atomic E-state index is 11.4. The SMILES string of the molecule is Bc1c(O)c(O)c(O)c(O)c1-c1cccc2c1c1ccccc1n2-c1cc2c3ccccc3c3ccccc3c2cc1-c1nc(-c2ccccc2)nc(-c2c(O)c(O)c(O)c(O)c2O)n1. The van der Waals surface area contributed by atoms with Crippen molar-refractivity contribution in [3.05, 3.63) is 133 Å². The minimum atomic E-state index is -1.13. The van der Waals surface area contributed by atoms with E-state index >= 15 is 0 Å². The predicted octanol–water partition coefficient (Wildman–Crippen LogP) is 8.71. The smallest absolute Gasteiger partial charge is 0.208 e. The van der Waals surface area contributed by atoms with Crippen LogP contribution in [0.5, 0.6) is 51.7 Å². The number of phenols is 9. The molecular formula is C51H33BN4O9. The Hall–Kier alpha value is -9.17. The molecule has 0 unspecified atom stereocenters. The molecular weight excluding hydrogens is 823 g/mol. The van der Waals surface area contributed by atoms with Crippen LogP contribution >= 0.6 is 0 Å². The Labute approximate surface area is 368 Å². The summed E-state index contributed by atoms with van der Waals surface area (Å²) in [6.07, 6.45) is 0. The molecule has 0 saturated heterocycles. The lowest BCUT2D eigenvalue weighted by Crippen LogP contribution is -2.08. The second-order valence-electron chi connectivity index (χ2n) is 15.7. The van der Waals surface area contributed by atoms with Crippen LogP contribution in [0.1, 0.15) is 0 Å². The van der Waals surface area contributed by atoms with Crippen LogP contribution in [-0.2, 0) is 0 Å². The largest absolute Gasteiger partial charge is 0.505 e. The van der Waals surface area contributed by atoms with E-state index in [1.807, 2.05) is 83.4 Å². The molecule has 9 aromatic carbocycles. The van der Waals surface area contributed by atoms with E-state index in [4.69, 9.17) is 9.97 Å². The Bertz CT molecular complexity index is 3800. The van der Waals surface area contributed by atoms with Crippen LogP contribution < -0.4 is 5.46 Å². The number of hydrogen-bond acceptors (Lipinski definition) is 12. The number of aromatic nitrogens is 4. The lowest BCUT2D eigenvalue weighted by atomic mass is 9.83. The van der Waals surface area contributed by atoms with E-state index in [0.29, 0.717) is 38.8 Å². The van der Waals surface area contributed by atoms with Gasteiger partial charge >= 0.3 is 0 Å². The number of nitrogens with zero attached hydrogens (tertiary/aromatic N) is 4. The Balaban J connectivity index is 1.33. The molecule has 314 valence electrons. The van der Waals surface area contributed by atoms with Crippen molar-refractivity contribution in [3.63, 3.8) is 0 Å². The van der Waals surface area contributed by atoms with E-state index in [-0.39, 0.29) is 28.5 Å². The molecule has 0 aliphatic rings. The molecule has 0 fully saturated rings. The molecule has 11 rings (SSSR count). The molecule has 11 aromatic rings. The van der Waals surface area contributed by atoms with Gasteiger partial charge in [0.05, 0.1) is 16.7 Å². The van der Waals surface area contributed by atoms with Gasteiger partial charge in [0.1, 0.15) is 13.4 Å².